The van der Waals surface area contributed by atoms with Crippen LogP contribution in [0.15, 0.2) is 81.3 Å². The molecule has 0 spiro atoms. The van der Waals surface area contributed by atoms with Gasteiger partial charge in [-0.2, -0.15) is 0 Å². The Bertz CT molecular complexity index is 990. The number of rotatable bonds is 6. The summed E-state index contributed by atoms with van der Waals surface area (Å²) in [5, 5.41) is 5.06. The van der Waals surface area contributed by atoms with Crippen LogP contribution in [-0.4, -0.2) is 34.3 Å². The number of hydrogen-bond donors (Lipinski definition) is 1. The van der Waals surface area contributed by atoms with Gasteiger partial charge in [0, 0.05) is 24.2 Å². The molecule has 2 fully saturated rings. The molecule has 7 heteroatoms. The van der Waals surface area contributed by atoms with E-state index in [4.69, 9.17) is 21.4 Å². The molecule has 3 aromatic rings. The predicted molar refractivity (Wildman–Crippen MR) is 120 cm³/mol. The third-order valence-corrected chi connectivity index (χ3v) is 6.76. The first-order valence-corrected chi connectivity index (χ1v) is 11.4. The fourth-order valence-corrected chi connectivity index (χ4v) is 5.19. The summed E-state index contributed by atoms with van der Waals surface area (Å²) >= 11 is 7.35. The van der Waals surface area contributed by atoms with E-state index >= 15 is 0 Å². The molecule has 2 aliphatic rings. The van der Waals surface area contributed by atoms with Crippen LogP contribution < -0.4 is 5.32 Å². The number of hydrogen-bond acceptors (Lipinski definition) is 5. The number of pyridine rings is 1. The highest BCUT2D eigenvalue weighted by Gasteiger charge is 2.42. The third kappa shape index (κ3) is 4.10. The van der Waals surface area contributed by atoms with Crippen molar-refractivity contribution >= 4 is 29.1 Å². The van der Waals surface area contributed by atoms with Crippen LogP contribution in [0.5, 0.6) is 0 Å². The van der Waals surface area contributed by atoms with E-state index in [1.54, 1.807) is 11.8 Å². The Morgan fingerprint density at radius 2 is 1.97 bits per heavy atom. The highest BCUT2D eigenvalue weighted by molar-refractivity contribution is 7.99. The predicted octanol–water partition coefficient (Wildman–Crippen LogP) is 4.98. The first-order chi connectivity index (χ1) is 14.8. The Morgan fingerprint density at radius 1 is 1.10 bits per heavy atom. The molecule has 2 aromatic heterocycles. The van der Waals surface area contributed by atoms with Crippen LogP contribution in [0.3, 0.4) is 0 Å². The van der Waals surface area contributed by atoms with E-state index in [2.05, 4.69) is 33.4 Å². The van der Waals surface area contributed by atoms with Crippen molar-refractivity contribution < 1.29 is 9.15 Å². The molecule has 3 atom stereocenters. The van der Waals surface area contributed by atoms with Crippen LogP contribution >= 0.6 is 24.0 Å². The maximum Gasteiger partial charge on any atom is 0.170 e. The largest absolute Gasteiger partial charge is 0.452 e. The zero-order valence-corrected chi connectivity index (χ0v) is 18.1. The SMILES string of the molecule is S=C1NC(c2ccccn2)C(c2ccc(Sc3ccccc3)o2)N1CC1CCCO1. The fraction of sp³-hybridized carbons (Fsp3) is 0.304. The van der Waals surface area contributed by atoms with Gasteiger partial charge in [-0.15, -0.1) is 0 Å². The summed E-state index contributed by atoms with van der Waals surface area (Å²) in [6.07, 6.45) is 4.18. The van der Waals surface area contributed by atoms with E-state index in [1.165, 1.54) is 0 Å². The van der Waals surface area contributed by atoms with Gasteiger partial charge in [-0.05, 0) is 61.5 Å². The summed E-state index contributed by atoms with van der Waals surface area (Å²) in [5.74, 6) is 0.884. The number of aromatic nitrogens is 1. The van der Waals surface area contributed by atoms with Crippen LogP contribution in [0.2, 0.25) is 0 Å². The second-order valence-electron chi connectivity index (χ2n) is 7.49. The average Bonchev–Trinajstić information content (AvgIpc) is 3.52. The highest BCUT2D eigenvalue weighted by Crippen LogP contribution is 2.41. The molecule has 4 heterocycles. The van der Waals surface area contributed by atoms with Gasteiger partial charge in [0.1, 0.15) is 11.8 Å². The Kier molecular flexibility index (Phi) is 5.75. The topological polar surface area (TPSA) is 50.5 Å². The lowest BCUT2D eigenvalue weighted by molar-refractivity contribution is 0.0812. The van der Waals surface area contributed by atoms with Crippen LogP contribution in [-0.2, 0) is 4.74 Å². The van der Waals surface area contributed by atoms with Gasteiger partial charge < -0.3 is 19.4 Å². The third-order valence-electron chi connectivity index (χ3n) is 5.48. The highest BCUT2D eigenvalue weighted by atomic mass is 32.2. The van der Waals surface area contributed by atoms with Gasteiger partial charge in [0.05, 0.1) is 17.8 Å². The normalized spacial score (nSPS) is 23.7. The molecule has 154 valence electrons. The number of nitrogens with one attached hydrogen (secondary N) is 1. The molecule has 5 nitrogen and oxygen atoms in total. The lowest BCUT2D eigenvalue weighted by Gasteiger charge is -2.28. The smallest absolute Gasteiger partial charge is 0.170 e. The van der Waals surface area contributed by atoms with Crippen molar-refractivity contribution in [1.82, 2.24) is 15.2 Å². The molecule has 0 aliphatic carbocycles. The molecule has 0 bridgehead atoms. The van der Waals surface area contributed by atoms with Crippen LogP contribution in [0.25, 0.3) is 0 Å². The lowest BCUT2D eigenvalue weighted by Crippen LogP contribution is -2.36. The molecule has 1 N–H and O–H groups in total. The molecule has 2 aliphatic heterocycles. The molecular weight excluding hydrogens is 414 g/mol. The van der Waals surface area contributed by atoms with Crippen molar-refractivity contribution in [3.05, 3.63) is 78.3 Å². The summed E-state index contributed by atoms with van der Waals surface area (Å²) in [7, 11) is 0. The van der Waals surface area contributed by atoms with Crippen LogP contribution in [0.4, 0.5) is 0 Å². The molecule has 0 amide bonds. The first kappa shape index (κ1) is 19.6. The molecule has 1 aromatic carbocycles. The molecule has 30 heavy (non-hydrogen) atoms. The van der Waals surface area contributed by atoms with E-state index in [0.717, 1.165) is 52.5 Å². The fourth-order valence-electron chi connectivity index (χ4n) is 4.07. The van der Waals surface area contributed by atoms with E-state index in [9.17, 15) is 0 Å². The summed E-state index contributed by atoms with van der Waals surface area (Å²) in [6, 6.07) is 20.2. The summed E-state index contributed by atoms with van der Waals surface area (Å²) in [5.41, 5.74) is 0.952. The van der Waals surface area contributed by atoms with E-state index < -0.39 is 0 Å². The zero-order chi connectivity index (χ0) is 20.3. The van der Waals surface area contributed by atoms with Gasteiger partial charge in [-0.1, -0.05) is 36.0 Å². The summed E-state index contributed by atoms with van der Waals surface area (Å²) < 4.78 is 12.2. The maximum atomic E-state index is 6.32. The van der Waals surface area contributed by atoms with Gasteiger partial charge in [-0.25, -0.2) is 0 Å². The Hall–Kier alpha value is -2.35. The van der Waals surface area contributed by atoms with E-state index in [1.807, 2.05) is 48.7 Å². The molecular formula is C23H23N3O2S2. The van der Waals surface area contributed by atoms with Crippen LogP contribution in [0, 0.1) is 0 Å². The minimum Gasteiger partial charge on any atom is -0.452 e. The molecule has 0 radical (unpaired) electrons. The Labute approximate surface area is 185 Å². The number of thiocarbonyl (C=S) groups is 1. The van der Waals surface area contributed by atoms with Gasteiger partial charge in [0.25, 0.3) is 0 Å². The van der Waals surface area contributed by atoms with Gasteiger partial charge in [0.15, 0.2) is 10.2 Å². The van der Waals surface area contributed by atoms with Gasteiger partial charge in [-0.3, -0.25) is 4.98 Å². The number of benzene rings is 1. The minimum absolute atomic E-state index is 0.0678. The number of furan rings is 1. The Balaban J connectivity index is 1.45. The molecule has 0 saturated carbocycles. The number of ether oxygens (including phenoxy) is 1. The first-order valence-electron chi connectivity index (χ1n) is 10.2. The Morgan fingerprint density at radius 3 is 2.73 bits per heavy atom. The minimum atomic E-state index is -0.0687. The zero-order valence-electron chi connectivity index (χ0n) is 16.4. The van der Waals surface area contributed by atoms with Gasteiger partial charge >= 0.3 is 0 Å². The second kappa shape index (κ2) is 8.79. The van der Waals surface area contributed by atoms with Gasteiger partial charge in [0.2, 0.25) is 0 Å². The lowest BCUT2D eigenvalue weighted by atomic mass is 10.0. The van der Waals surface area contributed by atoms with E-state index in [-0.39, 0.29) is 18.2 Å². The summed E-state index contributed by atoms with van der Waals surface area (Å²) in [6.45, 7) is 1.58. The van der Waals surface area contributed by atoms with Crippen molar-refractivity contribution in [3.63, 3.8) is 0 Å². The summed E-state index contributed by atoms with van der Waals surface area (Å²) in [4.78, 5) is 7.94. The van der Waals surface area contributed by atoms with E-state index in [0.29, 0.717) is 0 Å². The molecule has 3 unspecified atom stereocenters. The van der Waals surface area contributed by atoms with Crippen molar-refractivity contribution in [3.8, 4) is 0 Å². The van der Waals surface area contributed by atoms with Crippen molar-refractivity contribution in [1.29, 1.82) is 0 Å². The van der Waals surface area contributed by atoms with Crippen molar-refractivity contribution in [2.24, 2.45) is 0 Å². The molecule has 5 rings (SSSR count). The quantitative estimate of drug-likeness (QED) is 0.546. The van der Waals surface area contributed by atoms with Crippen molar-refractivity contribution in [2.75, 3.05) is 13.2 Å². The van der Waals surface area contributed by atoms with Crippen LogP contribution in [0.1, 0.15) is 36.4 Å². The standard InChI is InChI=1S/C23H23N3O2S2/c29-23-25-21(18-10-4-5-13-24-18)22(26(23)15-16-7-6-14-27-16)19-11-12-20(28-19)30-17-8-2-1-3-9-17/h1-5,8-13,16,21-22H,6-7,14-15H2,(H,25,29). The average molecular weight is 438 g/mol. The second-order valence-corrected chi connectivity index (χ2v) is 8.95. The monoisotopic (exact) mass is 437 g/mol. The maximum absolute atomic E-state index is 6.32. The van der Waals surface area contributed by atoms with Crippen molar-refractivity contribution in [2.45, 2.75) is 41.0 Å². The number of nitrogens with zero attached hydrogens (tertiary/aromatic N) is 2. The molecule has 2 saturated heterocycles.